The molecule has 1 heterocycles. The Hall–Kier alpha value is 0.738. The normalized spacial score (nSPS) is 14.9. The quantitative estimate of drug-likeness (QED) is 0.535. The zero-order valence-electron chi connectivity index (χ0n) is 7.58. The van der Waals surface area contributed by atoms with Crippen LogP contribution in [-0.2, 0) is 18.3 Å². The molecular formula is C9H9Cl4NPt. The molecule has 0 radical (unpaired) electrons. The van der Waals surface area contributed by atoms with Crippen molar-refractivity contribution in [2.24, 2.45) is 4.99 Å². The van der Waals surface area contributed by atoms with Crippen LogP contribution in [0.3, 0.4) is 0 Å². The van der Waals surface area contributed by atoms with Gasteiger partial charge in [-0.3, -0.25) is 4.99 Å². The topological polar surface area (TPSA) is 12.4 Å². The van der Waals surface area contributed by atoms with Crippen molar-refractivity contribution >= 4 is 43.9 Å². The molecule has 0 aromatic heterocycles. The predicted molar refractivity (Wildman–Crippen MR) is 66.0 cm³/mol. The average molecular weight is 468 g/mol. The molecule has 0 fully saturated rings. The molecule has 15 heavy (non-hydrogen) atoms. The van der Waals surface area contributed by atoms with Crippen molar-refractivity contribution in [2.45, 2.75) is 6.42 Å². The van der Waals surface area contributed by atoms with Gasteiger partial charge in [0.25, 0.3) is 0 Å². The van der Waals surface area contributed by atoms with Gasteiger partial charge in [-0.05, 0) is 17.5 Å². The minimum atomic E-state index is -3.06. The van der Waals surface area contributed by atoms with E-state index in [4.69, 9.17) is 37.7 Å². The van der Waals surface area contributed by atoms with Crippen molar-refractivity contribution in [3.63, 3.8) is 0 Å². The summed E-state index contributed by atoms with van der Waals surface area (Å²) in [5, 5.41) is 0. The van der Waals surface area contributed by atoms with Crippen LogP contribution >= 0.6 is 37.7 Å². The summed E-state index contributed by atoms with van der Waals surface area (Å²) in [7, 11) is 20.0. The van der Waals surface area contributed by atoms with Crippen LogP contribution in [0.15, 0.2) is 29.3 Å². The summed E-state index contributed by atoms with van der Waals surface area (Å²) in [4.78, 5) is 4.19. The predicted octanol–water partition coefficient (Wildman–Crippen LogP) is 4.42. The van der Waals surface area contributed by atoms with Crippen LogP contribution in [0.5, 0.6) is 0 Å². The summed E-state index contributed by atoms with van der Waals surface area (Å²) in [5.74, 6) is 0. The number of benzene rings is 1. The number of halogens is 4. The fraction of sp³-hybridized carbons (Fsp3) is 0.222. The van der Waals surface area contributed by atoms with Gasteiger partial charge in [-0.1, -0.05) is 24.3 Å². The molecule has 0 atom stereocenters. The second-order valence-corrected chi connectivity index (χ2v) is 22.5. The van der Waals surface area contributed by atoms with Crippen LogP contribution in [0.25, 0.3) is 0 Å². The van der Waals surface area contributed by atoms with Crippen molar-refractivity contribution in [3.05, 3.63) is 35.4 Å². The van der Waals surface area contributed by atoms with E-state index in [1.807, 2.05) is 6.21 Å². The van der Waals surface area contributed by atoms with E-state index in [0.717, 1.165) is 13.0 Å². The van der Waals surface area contributed by atoms with E-state index in [9.17, 15) is 0 Å². The van der Waals surface area contributed by atoms with Gasteiger partial charge in [-0.25, -0.2) is 0 Å². The molecule has 1 aromatic rings. The molecular weight excluding hydrogens is 459 g/mol. The molecule has 88 valence electrons. The van der Waals surface area contributed by atoms with E-state index in [2.05, 4.69) is 29.3 Å². The van der Waals surface area contributed by atoms with Crippen LogP contribution in [0.1, 0.15) is 11.1 Å². The molecule has 0 saturated carbocycles. The van der Waals surface area contributed by atoms with Crippen LogP contribution in [0.4, 0.5) is 0 Å². The number of rotatable bonds is 0. The SMILES string of the molecule is C1=NCCc2ccccc21.[Cl][Pt]([Cl])([Cl])[Cl]. The van der Waals surface area contributed by atoms with E-state index in [1.54, 1.807) is 0 Å². The van der Waals surface area contributed by atoms with Gasteiger partial charge in [0.05, 0.1) is 0 Å². The van der Waals surface area contributed by atoms with Crippen LogP contribution in [0.2, 0.25) is 0 Å². The fourth-order valence-electron chi connectivity index (χ4n) is 1.24. The van der Waals surface area contributed by atoms with Gasteiger partial charge in [0.15, 0.2) is 0 Å². The third-order valence-electron chi connectivity index (χ3n) is 1.80. The zero-order valence-corrected chi connectivity index (χ0v) is 12.9. The molecule has 1 aliphatic heterocycles. The summed E-state index contributed by atoms with van der Waals surface area (Å²) >= 11 is -3.06. The molecule has 6 heteroatoms. The number of aliphatic imine (C=N–C) groups is 1. The molecule has 0 unspecified atom stereocenters. The molecule has 1 aromatic carbocycles. The van der Waals surface area contributed by atoms with Crippen molar-refractivity contribution in [1.29, 1.82) is 0 Å². The summed E-state index contributed by atoms with van der Waals surface area (Å²) in [6.45, 7) is 0.955. The van der Waals surface area contributed by atoms with E-state index < -0.39 is 11.9 Å². The van der Waals surface area contributed by atoms with Gasteiger partial charge >= 0.3 is 49.6 Å². The van der Waals surface area contributed by atoms with Crippen LogP contribution in [0, 0.1) is 0 Å². The van der Waals surface area contributed by atoms with Crippen LogP contribution < -0.4 is 0 Å². The number of nitrogens with zero attached hydrogens (tertiary/aromatic N) is 1. The van der Waals surface area contributed by atoms with Gasteiger partial charge in [-0.15, -0.1) is 0 Å². The maximum atomic E-state index is 5.01. The average Bonchev–Trinajstić information content (AvgIpc) is 2.16. The molecule has 0 amide bonds. The van der Waals surface area contributed by atoms with E-state index in [-0.39, 0.29) is 0 Å². The van der Waals surface area contributed by atoms with Crippen molar-refractivity contribution in [2.75, 3.05) is 6.54 Å². The van der Waals surface area contributed by atoms with Crippen molar-refractivity contribution < 1.29 is 11.9 Å². The Morgan fingerprint density at radius 1 is 1.07 bits per heavy atom. The van der Waals surface area contributed by atoms with Crippen LogP contribution in [-0.4, -0.2) is 12.8 Å². The Bertz CT molecular complexity index is 342. The third kappa shape index (κ3) is 6.81. The Morgan fingerprint density at radius 3 is 2.27 bits per heavy atom. The number of fused-ring (bicyclic) bond motifs is 1. The molecule has 0 bridgehead atoms. The monoisotopic (exact) mass is 466 g/mol. The van der Waals surface area contributed by atoms with Crippen molar-refractivity contribution in [3.8, 4) is 0 Å². The maximum absolute atomic E-state index is 5.01. The number of hydrogen-bond donors (Lipinski definition) is 0. The molecule has 1 nitrogen and oxygen atoms in total. The van der Waals surface area contributed by atoms with Gasteiger partial charge in [0.2, 0.25) is 0 Å². The summed E-state index contributed by atoms with van der Waals surface area (Å²) in [6, 6.07) is 8.41. The Balaban J connectivity index is 0.000000195. The zero-order chi connectivity index (χ0) is 11.3. The molecule has 0 N–H and O–H groups in total. The third-order valence-corrected chi connectivity index (χ3v) is 1.80. The first kappa shape index (κ1) is 13.8. The Labute approximate surface area is 108 Å². The standard InChI is InChI=1S/C9H9N.4ClH.Pt/c1-2-4-9-7-10-6-5-8(9)3-1;;;;;/h1-4,7H,5-6H2;4*1H;/q;;;;;+4/p-4. The minimum absolute atomic E-state index is 0.955. The number of hydrogen-bond acceptors (Lipinski definition) is 1. The molecule has 1 aliphatic rings. The fourth-order valence-corrected chi connectivity index (χ4v) is 1.24. The molecule has 0 spiro atoms. The van der Waals surface area contributed by atoms with Gasteiger partial charge < -0.3 is 0 Å². The Morgan fingerprint density at radius 2 is 1.67 bits per heavy atom. The van der Waals surface area contributed by atoms with E-state index in [1.165, 1.54) is 11.1 Å². The Kier molecular flexibility index (Phi) is 5.95. The first-order valence-corrected chi connectivity index (χ1v) is 15.3. The first-order chi connectivity index (χ1) is 6.97. The first-order valence-electron chi connectivity index (χ1n) is 4.02. The summed E-state index contributed by atoms with van der Waals surface area (Å²) in [6.07, 6.45) is 3.06. The van der Waals surface area contributed by atoms with Gasteiger partial charge in [0.1, 0.15) is 0 Å². The summed E-state index contributed by atoms with van der Waals surface area (Å²) < 4.78 is 0. The second kappa shape index (κ2) is 6.47. The van der Waals surface area contributed by atoms with Gasteiger partial charge in [-0.2, -0.15) is 0 Å². The van der Waals surface area contributed by atoms with E-state index >= 15 is 0 Å². The molecule has 2 rings (SSSR count). The van der Waals surface area contributed by atoms with E-state index in [0.29, 0.717) is 0 Å². The summed E-state index contributed by atoms with van der Waals surface area (Å²) in [5.41, 5.74) is 2.71. The van der Waals surface area contributed by atoms with Gasteiger partial charge in [0, 0.05) is 12.8 Å². The second-order valence-electron chi connectivity index (χ2n) is 2.76. The molecule has 0 saturated heterocycles. The van der Waals surface area contributed by atoms with Crippen molar-refractivity contribution in [1.82, 2.24) is 0 Å². The molecule has 0 aliphatic carbocycles.